The van der Waals surface area contributed by atoms with Gasteiger partial charge in [-0.15, -0.1) is 0 Å². The number of ether oxygens (including phenoxy) is 1. The third-order valence-electron chi connectivity index (χ3n) is 3.96. The number of hydrogen-bond donors (Lipinski definition) is 2. The standard InChI is InChI=1S/C18H20O4S/c19-14-8-17(21)18(9-14)23-11-15(20)10-22-16-6-5-12-3-1-2-4-13(12)7-16/h1-7,15,17-18,20-21H,8-11H2. The van der Waals surface area contributed by atoms with Crippen LogP contribution in [0.1, 0.15) is 12.8 Å². The van der Waals surface area contributed by atoms with Gasteiger partial charge in [0.15, 0.2) is 0 Å². The van der Waals surface area contributed by atoms with Crippen molar-refractivity contribution in [3.8, 4) is 5.75 Å². The van der Waals surface area contributed by atoms with Gasteiger partial charge in [0, 0.05) is 23.8 Å². The molecule has 0 saturated heterocycles. The summed E-state index contributed by atoms with van der Waals surface area (Å²) in [5, 5.41) is 21.9. The Bertz CT molecular complexity index is 688. The van der Waals surface area contributed by atoms with Crippen molar-refractivity contribution < 1.29 is 19.7 Å². The van der Waals surface area contributed by atoms with Gasteiger partial charge in [-0.2, -0.15) is 11.8 Å². The van der Waals surface area contributed by atoms with E-state index in [1.807, 2.05) is 42.5 Å². The lowest BCUT2D eigenvalue weighted by Crippen LogP contribution is -2.24. The molecule has 122 valence electrons. The van der Waals surface area contributed by atoms with E-state index >= 15 is 0 Å². The fourth-order valence-electron chi connectivity index (χ4n) is 2.71. The Morgan fingerprint density at radius 1 is 1.17 bits per heavy atom. The number of ketones is 1. The molecule has 1 saturated carbocycles. The van der Waals surface area contributed by atoms with Crippen LogP contribution in [0.15, 0.2) is 42.5 Å². The number of hydrogen-bond acceptors (Lipinski definition) is 5. The van der Waals surface area contributed by atoms with E-state index in [1.54, 1.807) is 0 Å². The van der Waals surface area contributed by atoms with E-state index in [-0.39, 0.29) is 24.1 Å². The van der Waals surface area contributed by atoms with Crippen molar-refractivity contribution in [1.82, 2.24) is 0 Å². The Morgan fingerprint density at radius 3 is 2.70 bits per heavy atom. The molecule has 0 amide bonds. The summed E-state index contributed by atoms with van der Waals surface area (Å²) in [5.41, 5.74) is 0. The Balaban J connectivity index is 1.48. The highest BCUT2D eigenvalue weighted by atomic mass is 32.2. The van der Waals surface area contributed by atoms with Crippen molar-refractivity contribution >= 4 is 28.3 Å². The molecule has 2 N–H and O–H groups in total. The summed E-state index contributed by atoms with van der Waals surface area (Å²) in [6.45, 7) is 0.197. The summed E-state index contributed by atoms with van der Waals surface area (Å²) in [6, 6.07) is 13.9. The quantitative estimate of drug-likeness (QED) is 0.850. The molecule has 3 unspecified atom stereocenters. The number of Topliss-reactive ketones (excluding diaryl/α,β-unsaturated/α-hetero) is 1. The minimum absolute atomic E-state index is 0.0944. The van der Waals surface area contributed by atoms with E-state index in [4.69, 9.17) is 4.74 Å². The van der Waals surface area contributed by atoms with Gasteiger partial charge in [-0.3, -0.25) is 4.79 Å². The minimum Gasteiger partial charge on any atom is -0.491 e. The monoisotopic (exact) mass is 332 g/mol. The van der Waals surface area contributed by atoms with E-state index in [2.05, 4.69) is 0 Å². The molecule has 3 atom stereocenters. The Morgan fingerprint density at radius 2 is 1.96 bits per heavy atom. The molecule has 5 heteroatoms. The summed E-state index contributed by atoms with van der Waals surface area (Å²) >= 11 is 1.44. The van der Waals surface area contributed by atoms with Crippen molar-refractivity contribution in [3.63, 3.8) is 0 Å². The number of aliphatic hydroxyl groups excluding tert-OH is 2. The van der Waals surface area contributed by atoms with Crippen molar-refractivity contribution in [2.45, 2.75) is 30.3 Å². The second-order valence-electron chi connectivity index (χ2n) is 5.86. The van der Waals surface area contributed by atoms with Crippen LogP contribution in [0.3, 0.4) is 0 Å². The topological polar surface area (TPSA) is 66.8 Å². The van der Waals surface area contributed by atoms with Gasteiger partial charge in [0.1, 0.15) is 18.1 Å². The maximum atomic E-state index is 11.3. The molecule has 0 spiro atoms. The number of carbonyl (C=O) groups excluding carboxylic acids is 1. The SMILES string of the molecule is O=C1CC(O)C(SCC(O)COc2ccc3ccccc3c2)C1. The van der Waals surface area contributed by atoms with Crippen LogP contribution in [-0.4, -0.2) is 45.8 Å². The van der Waals surface area contributed by atoms with E-state index < -0.39 is 12.2 Å². The maximum Gasteiger partial charge on any atom is 0.136 e. The Kier molecular flexibility index (Phi) is 5.20. The number of aliphatic hydroxyl groups is 2. The molecule has 23 heavy (non-hydrogen) atoms. The fraction of sp³-hybridized carbons (Fsp3) is 0.389. The van der Waals surface area contributed by atoms with Gasteiger partial charge in [-0.1, -0.05) is 30.3 Å². The van der Waals surface area contributed by atoms with Gasteiger partial charge < -0.3 is 14.9 Å². The Labute approximate surface area is 139 Å². The van der Waals surface area contributed by atoms with Crippen LogP contribution in [0.2, 0.25) is 0 Å². The molecule has 2 aromatic rings. The molecule has 1 aliphatic carbocycles. The lowest BCUT2D eigenvalue weighted by molar-refractivity contribution is -0.117. The second kappa shape index (κ2) is 7.34. The lowest BCUT2D eigenvalue weighted by atomic mass is 10.1. The molecule has 0 heterocycles. The molecule has 1 fully saturated rings. The van der Waals surface area contributed by atoms with Gasteiger partial charge in [0.2, 0.25) is 0 Å². The number of thioether (sulfide) groups is 1. The average molecular weight is 332 g/mol. The van der Waals surface area contributed by atoms with Crippen LogP contribution in [0.5, 0.6) is 5.75 Å². The highest BCUT2D eigenvalue weighted by molar-refractivity contribution is 8.00. The van der Waals surface area contributed by atoms with Gasteiger partial charge in [-0.05, 0) is 22.9 Å². The second-order valence-corrected chi connectivity index (χ2v) is 7.13. The van der Waals surface area contributed by atoms with Crippen molar-refractivity contribution in [3.05, 3.63) is 42.5 Å². The lowest BCUT2D eigenvalue weighted by Gasteiger charge is -2.16. The first-order valence-corrected chi connectivity index (χ1v) is 8.78. The maximum absolute atomic E-state index is 11.3. The van der Waals surface area contributed by atoms with Gasteiger partial charge >= 0.3 is 0 Å². The van der Waals surface area contributed by atoms with Gasteiger partial charge in [0.25, 0.3) is 0 Å². The van der Waals surface area contributed by atoms with Crippen LogP contribution < -0.4 is 4.74 Å². The predicted octanol–water partition coefficient (Wildman–Crippen LogP) is 2.41. The first-order valence-electron chi connectivity index (χ1n) is 7.73. The highest BCUT2D eigenvalue weighted by Gasteiger charge is 2.32. The molecule has 2 aromatic carbocycles. The molecule has 1 aliphatic rings. The van der Waals surface area contributed by atoms with Crippen molar-refractivity contribution in [2.24, 2.45) is 0 Å². The smallest absolute Gasteiger partial charge is 0.136 e. The van der Waals surface area contributed by atoms with Crippen LogP contribution in [0.25, 0.3) is 10.8 Å². The van der Waals surface area contributed by atoms with E-state index in [0.29, 0.717) is 12.2 Å². The number of rotatable bonds is 6. The fourth-order valence-corrected chi connectivity index (χ4v) is 3.90. The van der Waals surface area contributed by atoms with Crippen LogP contribution in [-0.2, 0) is 4.79 Å². The van der Waals surface area contributed by atoms with Crippen LogP contribution >= 0.6 is 11.8 Å². The molecular weight excluding hydrogens is 312 g/mol. The van der Waals surface area contributed by atoms with Gasteiger partial charge in [0.05, 0.1) is 12.2 Å². The summed E-state index contributed by atoms with van der Waals surface area (Å²) in [5.74, 6) is 1.27. The minimum atomic E-state index is -0.630. The predicted molar refractivity (Wildman–Crippen MR) is 91.9 cm³/mol. The first kappa shape index (κ1) is 16.3. The van der Waals surface area contributed by atoms with Crippen LogP contribution in [0, 0.1) is 0 Å². The summed E-state index contributed by atoms with van der Waals surface area (Å²) in [6.07, 6.45) is -0.582. The van der Waals surface area contributed by atoms with E-state index in [1.165, 1.54) is 11.8 Å². The summed E-state index contributed by atoms with van der Waals surface area (Å²) in [7, 11) is 0. The zero-order chi connectivity index (χ0) is 16.2. The van der Waals surface area contributed by atoms with Crippen molar-refractivity contribution in [1.29, 1.82) is 0 Å². The number of fused-ring (bicyclic) bond motifs is 1. The largest absolute Gasteiger partial charge is 0.491 e. The molecule has 3 rings (SSSR count). The third-order valence-corrected chi connectivity index (χ3v) is 5.45. The van der Waals surface area contributed by atoms with Crippen molar-refractivity contribution in [2.75, 3.05) is 12.4 Å². The first-order chi connectivity index (χ1) is 11.1. The van der Waals surface area contributed by atoms with Gasteiger partial charge in [-0.25, -0.2) is 0 Å². The normalized spacial score (nSPS) is 22.4. The van der Waals surface area contributed by atoms with E-state index in [0.717, 1.165) is 16.5 Å². The molecule has 0 bridgehead atoms. The molecular formula is C18H20O4S. The highest BCUT2D eigenvalue weighted by Crippen LogP contribution is 2.28. The number of carbonyl (C=O) groups is 1. The third kappa shape index (κ3) is 4.25. The number of benzene rings is 2. The zero-order valence-electron chi connectivity index (χ0n) is 12.7. The average Bonchev–Trinajstić information content (AvgIpc) is 2.88. The molecule has 0 aliphatic heterocycles. The molecule has 4 nitrogen and oxygen atoms in total. The van der Waals surface area contributed by atoms with Crippen LogP contribution in [0.4, 0.5) is 0 Å². The Hall–Kier alpha value is -1.56. The summed E-state index contributed by atoms with van der Waals surface area (Å²) < 4.78 is 5.65. The summed E-state index contributed by atoms with van der Waals surface area (Å²) in [4.78, 5) is 11.3. The molecule has 0 aromatic heterocycles. The van der Waals surface area contributed by atoms with E-state index in [9.17, 15) is 15.0 Å². The zero-order valence-corrected chi connectivity index (χ0v) is 13.5. The molecule has 0 radical (unpaired) electrons.